The van der Waals surface area contributed by atoms with E-state index in [0.717, 1.165) is 16.7 Å². The number of hydrogen-bond acceptors (Lipinski definition) is 3. The van der Waals surface area contributed by atoms with Crippen molar-refractivity contribution in [3.63, 3.8) is 0 Å². The molecule has 2 heterocycles. The Labute approximate surface area is 364 Å². The van der Waals surface area contributed by atoms with Gasteiger partial charge in [-0.05, 0) is 96.7 Å². The largest absolute Gasteiger partial charge is 0.309 e. The van der Waals surface area contributed by atoms with Crippen LogP contribution in [-0.4, -0.2) is 19.5 Å². The summed E-state index contributed by atoms with van der Waals surface area (Å²) in [4.78, 5) is 15.1. The minimum Gasteiger partial charge on any atom is -0.309 e. The molecular weight excluding hydrogens is 765 g/mol. The van der Waals surface area contributed by atoms with Crippen LogP contribution in [0.15, 0.2) is 194 Å². The third-order valence-electron chi connectivity index (χ3n) is 14.4. The second-order valence-corrected chi connectivity index (χ2v) is 17.9. The molecule has 0 radical (unpaired) electrons. The summed E-state index contributed by atoms with van der Waals surface area (Å²) in [5.74, 6) is 1.99. The van der Waals surface area contributed by atoms with Gasteiger partial charge in [-0.1, -0.05) is 178 Å². The maximum Gasteiger partial charge on any atom is 0.164 e. The van der Waals surface area contributed by atoms with Crippen LogP contribution >= 0.6 is 0 Å². The molecule has 0 aliphatic heterocycles. The molecule has 0 amide bonds. The number of fused-ring (bicyclic) bond motifs is 10. The van der Waals surface area contributed by atoms with Crippen LogP contribution in [0.3, 0.4) is 0 Å². The summed E-state index contributed by atoms with van der Waals surface area (Å²) >= 11 is 0. The third-order valence-corrected chi connectivity index (χ3v) is 14.4. The molecule has 9 aromatic carbocycles. The summed E-state index contributed by atoms with van der Waals surface area (Å²) < 4.78 is 2.53. The van der Waals surface area contributed by atoms with Crippen molar-refractivity contribution >= 4 is 32.6 Å². The number of benzene rings is 9. The van der Waals surface area contributed by atoms with E-state index in [1.54, 1.807) is 0 Å². The van der Waals surface area contributed by atoms with Gasteiger partial charge in [-0.15, -0.1) is 0 Å². The molecule has 3 aliphatic rings. The number of nitrogens with zero attached hydrogens (tertiary/aromatic N) is 4. The first-order valence-corrected chi connectivity index (χ1v) is 21.9. The number of hydrogen-bond donors (Lipinski definition) is 0. The van der Waals surface area contributed by atoms with Crippen molar-refractivity contribution in [2.45, 2.75) is 24.7 Å². The summed E-state index contributed by atoms with van der Waals surface area (Å²) in [5.41, 5.74) is 19.1. The first-order chi connectivity index (χ1) is 31.0. The van der Waals surface area contributed by atoms with E-state index in [0.29, 0.717) is 17.5 Å². The van der Waals surface area contributed by atoms with Gasteiger partial charge < -0.3 is 4.57 Å². The third kappa shape index (κ3) is 4.47. The monoisotopic (exact) mass is 802 g/mol. The van der Waals surface area contributed by atoms with Gasteiger partial charge in [-0.2, -0.15) is 0 Å². The highest BCUT2D eigenvalue weighted by Crippen LogP contribution is 2.62. The highest BCUT2D eigenvalue weighted by Gasteiger charge is 2.50. The Balaban J connectivity index is 0.967. The summed E-state index contributed by atoms with van der Waals surface area (Å²) in [6.07, 6.45) is 0. The standard InChI is InChI=1S/C59H38N4/c1-58(2)44-31-27-38(57-61-55(36-15-5-3-6-16-36)60-56(62-57)37-17-7-4-8-18-37)33-43(44)42-30-29-39(34-49(42)58)63-50-26-14-25-48-53(50)54-51(63)32-28-35-19-13-24-47(52(35)54)59(48)45-22-11-9-20-40(45)41-21-10-12-23-46(41)59/h3-34H,1-2H3. The molecule has 11 aromatic rings. The lowest BCUT2D eigenvalue weighted by Crippen LogP contribution is -2.30. The Morgan fingerprint density at radius 1 is 0.349 bits per heavy atom. The zero-order valence-corrected chi connectivity index (χ0v) is 34.8. The van der Waals surface area contributed by atoms with Gasteiger partial charge in [0.2, 0.25) is 0 Å². The number of aromatic nitrogens is 4. The maximum absolute atomic E-state index is 5.08. The minimum absolute atomic E-state index is 0.234. The van der Waals surface area contributed by atoms with Crippen LogP contribution in [0.25, 0.3) is 94.7 Å². The van der Waals surface area contributed by atoms with Crippen molar-refractivity contribution in [3.8, 4) is 62.1 Å². The molecule has 14 rings (SSSR count). The van der Waals surface area contributed by atoms with Crippen LogP contribution in [-0.2, 0) is 10.8 Å². The van der Waals surface area contributed by atoms with Crippen LogP contribution < -0.4 is 0 Å². The molecule has 0 fully saturated rings. The van der Waals surface area contributed by atoms with E-state index in [1.165, 1.54) is 93.9 Å². The topological polar surface area (TPSA) is 43.6 Å². The van der Waals surface area contributed by atoms with E-state index in [-0.39, 0.29) is 5.41 Å². The zero-order chi connectivity index (χ0) is 41.6. The molecule has 0 saturated heterocycles. The molecule has 0 saturated carbocycles. The molecule has 63 heavy (non-hydrogen) atoms. The van der Waals surface area contributed by atoms with E-state index < -0.39 is 5.41 Å². The summed E-state index contributed by atoms with van der Waals surface area (Å²) in [7, 11) is 0. The SMILES string of the molecule is CC1(C)c2ccc(-c3nc(-c4ccccc4)nc(-c4ccccc4)n3)cc2-c2ccc(-n3c4cccc5c4c4c6c(cccc6ccc43)C53c4ccccc4-c4ccccc43)cc21. The van der Waals surface area contributed by atoms with Gasteiger partial charge >= 0.3 is 0 Å². The molecule has 0 unspecified atom stereocenters. The van der Waals surface area contributed by atoms with Crippen molar-refractivity contribution < 1.29 is 0 Å². The second kappa shape index (κ2) is 12.3. The molecule has 3 aliphatic carbocycles. The second-order valence-electron chi connectivity index (χ2n) is 17.9. The van der Waals surface area contributed by atoms with E-state index >= 15 is 0 Å². The molecule has 0 atom stereocenters. The fourth-order valence-corrected chi connectivity index (χ4v) is 11.7. The number of rotatable bonds is 4. The average molecular weight is 803 g/mol. The Bertz CT molecular complexity index is 3660. The van der Waals surface area contributed by atoms with E-state index in [4.69, 9.17) is 15.0 Å². The van der Waals surface area contributed by atoms with Gasteiger partial charge in [0.25, 0.3) is 0 Å². The first-order valence-electron chi connectivity index (χ1n) is 21.9. The van der Waals surface area contributed by atoms with Crippen LogP contribution in [0.5, 0.6) is 0 Å². The predicted molar refractivity (Wildman–Crippen MR) is 256 cm³/mol. The quantitative estimate of drug-likeness (QED) is 0.178. The fraction of sp³-hybridized carbons (Fsp3) is 0.0678. The molecule has 1 spiro atoms. The van der Waals surface area contributed by atoms with Gasteiger partial charge in [-0.25, -0.2) is 15.0 Å². The van der Waals surface area contributed by atoms with Crippen LogP contribution in [0.2, 0.25) is 0 Å². The Hall–Kier alpha value is -7.95. The molecule has 2 aromatic heterocycles. The van der Waals surface area contributed by atoms with Crippen molar-refractivity contribution in [1.82, 2.24) is 19.5 Å². The summed E-state index contributed by atoms with van der Waals surface area (Å²) in [5, 5.41) is 5.32. The van der Waals surface area contributed by atoms with Crippen molar-refractivity contribution in [2.24, 2.45) is 0 Å². The molecule has 0 N–H and O–H groups in total. The normalized spacial score (nSPS) is 14.4. The van der Waals surface area contributed by atoms with Crippen LogP contribution in [0.4, 0.5) is 0 Å². The van der Waals surface area contributed by atoms with Gasteiger partial charge in [0.1, 0.15) is 0 Å². The average Bonchev–Trinajstić information content (AvgIpc) is 3.92. The van der Waals surface area contributed by atoms with Crippen molar-refractivity contribution in [2.75, 3.05) is 0 Å². The van der Waals surface area contributed by atoms with Crippen LogP contribution in [0.1, 0.15) is 47.2 Å². The lowest BCUT2D eigenvalue weighted by Gasteiger charge is -2.37. The van der Waals surface area contributed by atoms with Gasteiger partial charge in [-0.3, -0.25) is 0 Å². The first kappa shape index (κ1) is 34.7. The van der Waals surface area contributed by atoms with Gasteiger partial charge in [0, 0.05) is 38.6 Å². The van der Waals surface area contributed by atoms with E-state index in [2.05, 4.69) is 176 Å². The Kier molecular flexibility index (Phi) is 6.80. The molecular formula is C59H38N4. The van der Waals surface area contributed by atoms with Gasteiger partial charge in [0.15, 0.2) is 17.5 Å². The lowest BCUT2D eigenvalue weighted by atomic mass is 9.63. The Morgan fingerprint density at radius 2 is 0.905 bits per heavy atom. The summed E-state index contributed by atoms with van der Waals surface area (Å²) in [6.45, 7) is 4.73. The molecule has 0 bridgehead atoms. The van der Waals surface area contributed by atoms with Crippen molar-refractivity contribution in [3.05, 3.63) is 228 Å². The smallest absolute Gasteiger partial charge is 0.164 e. The minimum atomic E-state index is -0.429. The lowest BCUT2D eigenvalue weighted by molar-refractivity contribution is 0.660. The van der Waals surface area contributed by atoms with E-state index in [1.807, 2.05) is 36.4 Å². The Morgan fingerprint density at radius 3 is 1.59 bits per heavy atom. The maximum atomic E-state index is 5.08. The summed E-state index contributed by atoms with van der Waals surface area (Å²) in [6, 6.07) is 71.1. The van der Waals surface area contributed by atoms with E-state index in [9.17, 15) is 0 Å². The highest BCUT2D eigenvalue weighted by atomic mass is 15.0. The predicted octanol–water partition coefficient (Wildman–Crippen LogP) is 14.1. The fourth-order valence-electron chi connectivity index (χ4n) is 11.7. The highest BCUT2D eigenvalue weighted by molar-refractivity contribution is 6.26. The molecule has 294 valence electrons. The zero-order valence-electron chi connectivity index (χ0n) is 34.8. The van der Waals surface area contributed by atoms with Crippen LogP contribution in [0, 0.1) is 0 Å². The van der Waals surface area contributed by atoms with Crippen molar-refractivity contribution in [1.29, 1.82) is 0 Å². The van der Waals surface area contributed by atoms with Gasteiger partial charge in [0.05, 0.1) is 16.4 Å². The molecule has 4 heteroatoms. The molecule has 4 nitrogen and oxygen atoms in total.